The molecule has 2 aliphatic heterocycles. The average molecular weight is 400 g/mol. The van der Waals surface area contributed by atoms with Crippen LogP contribution in [0.5, 0.6) is 11.5 Å². The van der Waals surface area contributed by atoms with E-state index < -0.39 is 5.67 Å². The zero-order chi connectivity index (χ0) is 20.3. The number of nitrogens with zero attached hydrogens (tertiary/aromatic N) is 4. The molecular formula is C18H21FN8O2. The third kappa shape index (κ3) is 4.19. The lowest BCUT2D eigenvalue weighted by Crippen LogP contribution is -2.59. The van der Waals surface area contributed by atoms with Gasteiger partial charge in [-0.1, -0.05) is 0 Å². The average Bonchev–Trinajstić information content (AvgIpc) is 3.19. The molecule has 2 aromatic heterocycles. The largest absolute Gasteiger partial charge is 0.495 e. The first-order chi connectivity index (χ1) is 14.1. The van der Waals surface area contributed by atoms with Gasteiger partial charge in [0.2, 0.25) is 0 Å². The van der Waals surface area contributed by atoms with Gasteiger partial charge in [-0.3, -0.25) is 4.98 Å². The van der Waals surface area contributed by atoms with Gasteiger partial charge in [-0.15, -0.1) is 0 Å². The predicted molar refractivity (Wildman–Crippen MR) is 101 cm³/mol. The molecule has 4 rings (SSSR count). The summed E-state index contributed by atoms with van der Waals surface area (Å²) in [5.41, 5.74) is 6.00. The number of nitrogens with one attached hydrogen (secondary N) is 4. The van der Waals surface area contributed by atoms with Gasteiger partial charge in [-0.25, -0.2) is 25.2 Å². The lowest BCUT2D eigenvalue weighted by atomic mass is 10.0. The topological polar surface area (TPSA) is 129 Å². The highest BCUT2D eigenvalue weighted by molar-refractivity contribution is 5.45. The summed E-state index contributed by atoms with van der Waals surface area (Å²) >= 11 is 0. The highest BCUT2D eigenvalue weighted by Gasteiger charge is 2.38. The molecule has 0 bridgehead atoms. The predicted octanol–water partition coefficient (Wildman–Crippen LogP) is 0.419. The van der Waals surface area contributed by atoms with Crippen molar-refractivity contribution in [3.05, 3.63) is 36.0 Å². The number of hydrogen-bond acceptors (Lipinski definition) is 10. The van der Waals surface area contributed by atoms with Gasteiger partial charge in [-0.05, 0) is 0 Å². The minimum Gasteiger partial charge on any atom is -0.495 e. The summed E-state index contributed by atoms with van der Waals surface area (Å²) in [4.78, 5) is 12.3. The standard InChI is InChI=1S/C18H21FN8O2/c1-28-13-5-21-6-14(29-10-18(19)8-22-9-18)17(13)12-2-15(27-26-12)25-16-7-23-11(3-20)4-24-16/h4-7,12,15,22,26-27H,2,8-10H2,1H3,(H,24,25). The minimum atomic E-state index is -1.36. The van der Waals surface area contributed by atoms with Gasteiger partial charge in [0.25, 0.3) is 0 Å². The normalized spacial score (nSPS) is 22.4. The van der Waals surface area contributed by atoms with E-state index in [9.17, 15) is 4.39 Å². The molecule has 0 amide bonds. The molecule has 2 aliphatic rings. The van der Waals surface area contributed by atoms with Crippen LogP contribution in [-0.2, 0) is 0 Å². The Hall–Kier alpha value is -3.07. The Kier molecular flexibility index (Phi) is 5.39. The Labute approximate surface area is 166 Å². The molecule has 2 saturated heterocycles. The number of rotatable bonds is 7. The Balaban J connectivity index is 1.46. The van der Waals surface area contributed by atoms with Crippen LogP contribution in [0.1, 0.15) is 23.7 Å². The maximum absolute atomic E-state index is 14.3. The summed E-state index contributed by atoms with van der Waals surface area (Å²) in [5, 5.41) is 14.9. The molecule has 2 atom stereocenters. The van der Waals surface area contributed by atoms with E-state index in [1.807, 2.05) is 6.07 Å². The van der Waals surface area contributed by atoms with Crippen molar-refractivity contribution in [2.75, 3.05) is 32.1 Å². The molecule has 2 unspecified atom stereocenters. The fraction of sp³-hybridized carbons (Fsp3) is 0.444. The van der Waals surface area contributed by atoms with E-state index in [-0.39, 0.29) is 37.6 Å². The number of ether oxygens (including phenoxy) is 2. The molecule has 0 aliphatic carbocycles. The van der Waals surface area contributed by atoms with Crippen LogP contribution in [0.2, 0.25) is 0 Å². The molecule has 2 fully saturated rings. The summed E-state index contributed by atoms with van der Waals surface area (Å²) in [7, 11) is 1.56. The second kappa shape index (κ2) is 8.12. The van der Waals surface area contributed by atoms with E-state index in [2.05, 4.69) is 36.4 Å². The summed E-state index contributed by atoms with van der Waals surface area (Å²) in [5.74, 6) is 1.57. The molecule has 0 aromatic carbocycles. The summed E-state index contributed by atoms with van der Waals surface area (Å²) in [6.45, 7) is 0.506. The van der Waals surface area contributed by atoms with Crippen molar-refractivity contribution in [2.24, 2.45) is 0 Å². The molecule has 2 aromatic rings. The zero-order valence-corrected chi connectivity index (χ0v) is 15.8. The van der Waals surface area contributed by atoms with Crippen LogP contribution in [0.3, 0.4) is 0 Å². The third-order valence-electron chi connectivity index (χ3n) is 4.84. The Bertz CT molecular complexity index is 900. The SMILES string of the molecule is COc1cncc(OCC2(F)CNC2)c1C1CC(Nc2cnc(C#N)cn2)NN1. The number of methoxy groups -OCH3 is 1. The van der Waals surface area contributed by atoms with Crippen LogP contribution in [0.4, 0.5) is 10.2 Å². The number of hydrogen-bond donors (Lipinski definition) is 4. The fourth-order valence-electron chi connectivity index (χ4n) is 3.24. The number of hydrazine groups is 1. The van der Waals surface area contributed by atoms with E-state index in [0.29, 0.717) is 23.7 Å². The monoisotopic (exact) mass is 400 g/mol. The van der Waals surface area contributed by atoms with E-state index >= 15 is 0 Å². The van der Waals surface area contributed by atoms with E-state index in [1.54, 1.807) is 19.5 Å². The van der Waals surface area contributed by atoms with Gasteiger partial charge in [-0.2, -0.15) is 5.26 Å². The second-order valence-corrected chi connectivity index (χ2v) is 6.97. The van der Waals surface area contributed by atoms with Gasteiger partial charge < -0.3 is 20.1 Å². The summed E-state index contributed by atoms with van der Waals surface area (Å²) in [6, 6.07) is 1.77. The highest BCUT2D eigenvalue weighted by Crippen LogP contribution is 2.37. The van der Waals surface area contributed by atoms with Crippen molar-refractivity contribution in [3.8, 4) is 17.6 Å². The molecule has 4 N–H and O–H groups in total. The zero-order valence-electron chi connectivity index (χ0n) is 15.8. The molecule has 29 heavy (non-hydrogen) atoms. The van der Waals surface area contributed by atoms with Crippen molar-refractivity contribution in [2.45, 2.75) is 24.3 Å². The first-order valence-corrected chi connectivity index (χ1v) is 9.14. The molecule has 10 nitrogen and oxygen atoms in total. The maximum atomic E-state index is 14.3. The third-order valence-corrected chi connectivity index (χ3v) is 4.84. The first-order valence-electron chi connectivity index (χ1n) is 9.14. The molecule has 0 saturated carbocycles. The van der Waals surface area contributed by atoms with Crippen LogP contribution >= 0.6 is 0 Å². The smallest absolute Gasteiger partial charge is 0.169 e. The van der Waals surface area contributed by atoms with Gasteiger partial charge in [0, 0.05) is 19.5 Å². The number of anilines is 1. The van der Waals surface area contributed by atoms with Crippen molar-refractivity contribution < 1.29 is 13.9 Å². The number of halogens is 1. The second-order valence-electron chi connectivity index (χ2n) is 6.97. The lowest BCUT2D eigenvalue weighted by molar-refractivity contribution is 0.0339. The van der Waals surface area contributed by atoms with E-state index in [0.717, 1.165) is 5.56 Å². The summed E-state index contributed by atoms with van der Waals surface area (Å²) < 4.78 is 25.6. The van der Waals surface area contributed by atoms with Gasteiger partial charge in [0.1, 0.15) is 30.0 Å². The minimum absolute atomic E-state index is 0.0511. The van der Waals surface area contributed by atoms with Crippen molar-refractivity contribution in [1.82, 2.24) is 31.1 Å². The fourth-order valence-corrected chi connectivity index (χ4v) is 3.24. The van der Waals surface area contributed by atoms with Gasteiger partial charge >= 0.3 is 0 Å². The highest BCUT2D eigenvalue weighted by atomic mass is 19.1. The van der Waals surface area contributed by atoms with Crippen molar-refractivity contribution in [3.63, 3.8) is 0 Å². The summed E-state index contributed by atoms with van der Waals surface area (Å²) in [6.07, 6.45) is 6.55. The van der Waals surface area contributed by atoms with Crippen LogP contribution in [0.25, 0.3) is 0 Å². The first kappa shape index (κ1) is 19.3. The maximum Gasteiger partial charge on any atom is 0.169 e. The van der Waals surface area contributed by atoms with Gasteiger partial charge in [0.05, 0.1) is 49.7 Å². The van der Waals surface area contributed by atoms with Crippen LogP contribution in [-0.4, -0.2) is 53.6 Å². The van der Waals surface area contributed by atoms with Gasteiger partial charge in [0.15, 0.2) is 11.4 Å². The Morgan fingerprint density at radius 2 is 2.07 bits per heavy atom. The van der Waals surface area contributed by atoms with Crippen LogP contribution < -0.4 is 31.0 Å². The Morgan fingerprint density at radius 3 is 2.72 bits per heavy atom. The molecule has 0 spiro atoms. The number of alkyl halides is 1. The number of pyridine rings is 1. The lowest BCUT2D eigenvalue weighted by Gasteiger charge is -2.34. The molecular weight excluding hydrogens is 379 g/mol. The quantitative estimate of drug-likeness (QED) is 0.519. The molecule has 11 heteroatoms. The number of aromatic nitrogens is 3. The number of nitriles is 1. The van der Waals surface area contributed by atoms with E-state index in [4.69, 9.17) is 14.7 Å². The van der Waals surface area contributed by atoms with Crippen LogP contribution in [0.15, 0.2) is 24.8 Å². The van der Waals surface area contributed by atoms with Crippen molar-refractivity contribution in [1.29, 1.82) is 5.26 Å². The van der Waals surface area contributed by atoms with E-state index in [1.165, 1.54) is 12.4 Å². The Morgan fingerprint density at radius 1 is 1.24 bits per heavy atom. The molecule has 4 heterocycles. The van der Waals surface area contributed by atoms with Crippen molar-refractivity contribution >= 4 is 5.82 Å². The molecule has 152 valence electrons. The van der Waals surface area contributed by atoms with Crippen LogP contribution in [0, 0.1) is 11.3 Å². The molecule has 0 radical (unpaired) electrons.